The number of halogens is 3. The zero-order valence-corrected chi connectivity index (χ0v) is 27.7. The number of hydrogen-bond donors (Lipinski definition) is 2. The first kappa shape index (κ1) is 34.1. The van der Waals surface area contributed by atoms with E-state index in [0.29, 0.717) is 68.3 Å². The molecule has 0 atom stereocenters. The van der Waals surface area contributed by atoms with Gasteiger partial charge >= 0.3 is 18.0 Å². The topological polar surface area (TPSA) is 126 Å². The van der Waals surface area contributed by atoms with Crippen LogP contribution in [0.1, 0.15) is 64.5 Å². The second-order valence-electron chi connectivity index (χ2n) is 11.7. The van der Waals surface area contributed by atoms with Crippen LogP contribution in [-0.2, 0) is 19.1 Å². The number of allylic oxidation sites excluding steroid dienone is 9. The third kappa shape index (κ3) is 6.34. The van der Waals surface area contributed by atoms with Gasteiger partial charge in [0.05, 0.1) is 59.6 Å². The number of fused-ring (bicyclic) bond motifs is 5. The Hall–Kier alpha value is -5.26. The highest BCUT2D eigenvalue weighted by Gasteiger charge is 2.28. The van der Waals surface area contributed by atoms with Gasteiger partial charge in [0, 0.05) is 29.3 Å². The van der Waals surface area contributed by atoms with Gasteiger partial charge in [-0.1, -0.05) is 0 Å². The number of carbonyl (C=O) groups excluding carboxylic acids is 2. The van der Waals surface area contributed by atoms with Crippen molar-refractivity contribution in [1.29, 1.82) is 0 Å². The zero-order valence-electron chi connectivity index (χ0n) is 27.7. The summed E-state index contributed by atoms with van der Waals surface area (Å²) >= 11 is 0. The average Bonchev–Trinajstić information content (AvgIpc) is 3.71. The molecule has 9 nitrogen and oxygen atoms in total. The van der Waals surface area contributed by atoms with Crippen LogP contribution in [0.5, 0.6) is 0 Å². The lowest BCUT2D eigenvalue weighted by Crippen LogP contribution is -2.16. The number of aromatic nitrogens is 1. The Bertz CT molecular complexity index is 2110. The van der Waals surface area contributed by atoms with Crippen LogP contribution in [0.25, 0.3) is 18.0 Å². The molecular formula is C36H35F3N4O5. The van der Waals surface area contributed by atoms with Crippen LogP contribution >= 0.6 is 0 Å². The standard InChI is InChI=1S/C36H35F3N4O5/c1-16-21(8-10-31(45)47-6)27-15-28-22(9-11-32(46)48-7)17(2)24(41-28)13-30-34(35(37)36(38)39)19(4)26(43-30)14-29-33(20(5)44)18(3)25(42-29)12-23(16)40-27/h12-15,43-44H,8-11H2,1-7H3/b23-12?,26-14?,28-15?,30-13?,33-20+. The fourth-order valence-electron chi connectivity index (χ4n) is 6.16. The predicted octanol–water partition coefficient (Wildman–Crippen LogP) is 6.21. The van der Waals surface area contributed by atoms with Crippen LogP contribution in [0.3, 0.4) is 0 Å². The average molecular weight is 661 g/mol. The molecule has 5 heterocycles. The summed E-state index contributed by atoms with van der Waals surface area (Å²) in [7, 11) is 2.61. The van der Waals surface area contributed by atoms with Crippen LogP contribution in [-0.4, -0.2) is 53.4 Å². The summed E-state index contributed by atoms with van der Waals surface area (Å²) in [4.78, 5) is 41.9. The second kappa shape index (κ2) is 13.5. The van der Waals surface area contributed by atoms with Gasteiger partial charge in [0.1, 0.15) is 0 Å². The molecule has 12 heteroatoms. The second-order valence-corrected chi connectivity index (χ2v) is 11.7. The smallest absolute Gasteiger partial charge is 0.306 e. The van der Waals surface area contributed by atoms with E-state index in [1.807, 2.05) is 6.92 Å². The van der Waals surface area contributed by atoms with Crippen LogP contribution in [0.2, 0.25) is 0 Å². The Morgan fingerprint density at radius 3 is 1.96 bits per heavy atom. The molecule has 0 radical (unpaired) electrons. The highest BCUT2D eigenvalue weighted by atomic mass is 19.3. The first-order chi connectivity index (χ1) is 22.7. The third-order valence-corrected chi connectivity index (χ3v) is 8.82. The molecule has 8 bridgehead atoms. The van der Waals surface area contributed by atoms with E-state index in [0.717, 1.165) is 11.1 Å². The predicted molar refractivity (Wildman–Crippen MR) is 178 cm³/mol. The quantitative estimate of drug-likeness (QED) is 0.266. The number of rotatable bonds is 7. The highest BCUT2D eigenvalue weighted by molar-refractivity contribution is 6.26. The Balaban J connectivity index is 1.86. The third-order valence-electron chi connectivity index (χ3n) is 8.82. The van der Waals surface area contributed by atoms with Crippen molar-refractivity contribution in [2.45, 2.75) is 60.3 Å². The van der Waals surface area contributed by atoms with Crippen LogP contribution in [0.15, 0.2) is 89.5 Å². The van der Waals surface area contributed by atoms with Crippen molar-refractivity contribution in [2.24, 2.45) is 15.0 Å². The van der Waals surface area contributed by atoms with Gasteiger partial charge in [-0.15, -0.1) is 0 Å². The van der Waals surface area contributed by atoms with Gasteiger partial charge in [-0.25, -0.2) is 19.4 Å². The molecule has 0 saturated heterocycles. The molecular weight excluding hydrogens is 625 g/mol. The molecule has 0 unspecified atom stereocenters. The minimum Gasteiger partial charge on any atom is -0.512 e. The van der Waals surface area contributed by atoms with Crippen molar-refractivity contribution >= 4 is 47.1 Å². The lowest BCUT2D eigenvalue weighted by molar-refractivity contribution is -0.141. The first-order valence-electron chi connectivity index (χ1n) is 15.2. The number of nitrogens with one attached hydrogen (secondary N) is 1. The molecule has 5 rings (SSSR count). The van der Waals surface area contributed by atoms with Crippen molar-refractivity contribution in [1.82, 2.24) is 4.98 Å². The van der Waals surface area contributed by atoms with E-state index in [4.69, 9.17) is 24.5 Å². The van der Waals surface area contributed by atoms with Crippen molar-refractivity contribution in [3.05, 3.63) is 96.3 Å². The number of aliphatic imine (C=N–C) groups is 3. The molecule has 0 saturated carbocycles. The number of nitrogens with zero attached hydrogens (tertiary/aromatic N) is 3. The summed E-state index contributed by atoms with van der Waals surface area (Å²) in [6.07, 6.45) is 4.85. The SMILES string of the molecule is COC(=O)CCC1=C(C)C2=NC1=CC1=NC(=CC3=C(C)/C(=C(/C)O)C(=N3)C=c3[nH]c(c(C(F)=C(F)F)c3C)=C2)C(C)=C1CCC(=O)OC. The fraction of sp³-hybridized carbons (Fsp3) is 0.306. The van der Waals surface area contributed by atoms with Gasteiger partial charge in [-0.05, 0) is 105 Å². The Kier molecular flexibility index (Phi) is 9.56. The maximum atomic E-state index is 15.1. The minimum absolute atomic E-state index is 0.01000. The fourth-order valence-corrected chi connectivity index (χ4v) is 6.16. The van der Waals surface area contributed by atoms with Gasteiger partial charge in [-0.3, -0.25) is 9.59 Å². The van der Waals surface area contributed by atoms with Crippen molar-refractivity contribution in [3.63, 3.8) is 0 Å². The largest absolute Gasteiger partial charge is 0.512 e. The minimum atomic E-state index is -2.48. The lowest BCUT2D eigenvalue weighted by atomic mass is 9.96. The normalized spacial score (nSPS) is 18.1. The van der Waals surface area contributed by atoms with Gasteiger partial charge < -0.3 is 19.6 Å². The molecule has 1 aromatic heterocycles. The van der Waals surface area contributed by atoms with E-state index in [1.54, 1.807) is 32.1 Å². The summed E-state index contributed by atoms with van der Waals surface area (Å²) in [6, 6.07) is 0. The first-order valence-corrected chi connectivity index (χ1v) is 15.2. The highest BCUT2D eigenvalue weighted by Crippen LogP contribution is 2.37. The molecule has 48 heavy (non-hydrogen) atoms. The van der Waals surface area contributed by atoms with E-state index in [9.17, 15) is 23.5 Å². The van der Waals surface area contributed by atoms with Crippen LogP contribution in [0, 0.1) is 6.92 Å². The number of methoxy groups -OCH3 is 2. The summed E-state index contributed by atoms with van der Waals surface area (Å²) in [5, 5.41) is 11.0. The molecule has 250 valence electrons. The monoisotopic (exact) mass is 660 g/mol. The zero-order chi connectivity index (χ0) is 35.0. The molecule has 2 N–H and O–H groups in total. The molecule has 0 spiro atoms. The van der Waals surface area contributed by atoms with Gasteiger partial charge in [0.2, 0.25) is 0 Å². The van der Waals surface area contributed by atoms with Crippen LogP contribution < -0.4 is 10.7 Å². The number of aliphatic hydroxyl groups excluding tert-OH is 1. The summed E-state index contributed by atoms with van der Waals surface area (Å²) < 4.78 is 52.4. The Morgan fingerprint density at radius 2 is 1.35 bits per heavy atom. The van der Waals surface area contributed by atoms with Gasteiger partial charge in [0.25, 0.3) is 0 Å². The van der Waals surface area contributed by atoms with Crippen molar-refractivity contribution < 1.29 is 37.3 Å². The van der Waals surface area contributed by atoms with Crippen LogP contribution in [0.4, 0.5) is 13.2 Å². The summed E-state index contributed by atoms with van der Waals surface area (Å²) in [5.41, 5.74) is 6.70. The maximum absolute atomic E-state index is 15.1. The number of ether oxygens (including phenoxy) is 2. The van der Waals surface area contributed by atoms with E-state index < -0.39 is 23.8 Å². The Morgan fingerprint density at radius 1 is 0.750 bits per heavy atom. The molecule has 0 aliphatic carbocycles. The number of aliphatic hydroxyl groups is 1. The maximum Gasteiger partial charge on any atom is 0.306 e. The van der Waals surface area contributed by atoms with Gasteiger partial charge in [0.15, 0.2) is 5.83 Å². The molecule has 4 aliphatic heterocycles. The molecule has 1 aromatic rings. The number of carbonyl (C=O) groups is 2. The number of aromatic amines is 1. The van der Waals surface area contributed by atoms with Crippen molar-refractivity contribution in [3.8, 4) is 0 Å². The Labute approximate surface area is 275 Å². The molecule has 0 fully saturated rings. The van der Waals surface area contributed by atoms with E-state index in [2.05, 4.69) is 4.98 Å². The van der Waals surface area contributed by atoms with Gasteiger partial charge in [-0.2, -0.15) is 8.78 Å². The molecule has 0 aromatic carbocycles. The van der Waals surface area contributed by atoms with Crippen molar-refractivity contribution in [2.75, 3.05) is 14.2 Å². The molecule has 0 amide bonds. The summed E-state index contributed by atoms with van der Waals surface area (Å²) in [6.45, 7) is 8.51. The number of H-pyrrole nitrogens is 1. The number of esters is 2. The lowest BCUT2D eigenvalue weighted by Gasteiger charge is -2.08. The number of hydrogen-bond acceptors (Lipinski definition) is 8. The van der Waals surface area contributed by atoms with E-state index >= 15 is 4.39 Å². The molecule has 4 aliphatic rings. The summed E-state index contributed by atoms with van der Waals surface area (Å²) in [5.74, 6) is -2.51. The van der Waals surface area contributed by atoms with E-state index in [-0.39, 0.29) is 41.5 Å². The van der Waals surface area contributed by atoms with E-state index in [1.165, 1.54) is 34.1 Å².